The molecule has 1 atom stereocenters. The minimum absolute atomic E-state index is 0.0636. The van der Waals surface area contributed by atoms with Crippen LogP contribution in [0.25, 0.3) is 11.3 Å². The van der Waals surface area contributed by atoms with Crippen LogP contribution in [0.1, 0.15) is 29.0 Å². The molecule has 0 saturated heterocycles. The number of aryl methyl sites for hydroxylation is 1. The molecule has 1 heterocycles. The molecule has 1 amide bonds. The van der Waals surface area contributed by atoms with Crippen LogP contribution >= 0.6 is 0 Å². The molecule has 2 N–H and O–H groups in total. The highest BCUT2D eigenvalue weighted by Crippen LogP contribution is 2.21. The van der Waals surface area contributed by atoms with Crippen molar-refractivity contribution in [2.75, 3.05) is 19.0 Å². The zero-order valence-electron chi connectivity index (χ0n) is 18.6. The number of carbonyl (C=O) groups is 2. The minimum Gasteiger partial charge on any atom is -0.462 e. The van der Waals surface area contributed by atoms with E-state index in [-0.39, 0.29) is 23.2 Å². The molecule has 0 aliphatic heterocycles. The summed E-state index contributed by atoms with van der Waals surface area (Å²) in [5, 5.41) is 15.8. The lowest BCUT2D eigenvalue weighted by atomic mass is 10.1. The van der Waals surface area contributed by atoms with Crippen molar-refractivity contribution in [1.82, 2.24) is 15.1 Å². The molecule has 3 rings (SSSR count). The van der Waals surface area contributed by atoms with Crippen molar-refractivity contribution in [3.05, 3.63) is 71.7 Å². The number of halogens is 1. The molecular weight excluding hydrogens is 465 g/mol. The quantitative estimate of drug-likeness (QED) is 0.440. The number of hydrogen-bond acceptors (Lipinski definition) is 7. The summed E-state index contributed by atoms with van der Waals surface area (Å²) in [4.78, 5) is 24.3. The number of esters is 1. The van der Waals surface area contributed by atoms with Gasteiger partial charge >= 0.3 is 5.97 Å². The Balaban J connectivity index is 1.68. The van der Waals surface area contributed by atoms with Gasteiger partial charge in [-0.3, -0.25) is 14.3 Å². The highest BCUT2D eigenvalue weighted by atomic mass is 32.2. The Labute approximate surface area is 196 Å². The first kappa shape index (κ1) is 25.1. The number of benzene rings is 2. The molecular formula is C23H24FN3O6S. The third-order valence-electron chi connectivity index (χ3n) is 5.00. The lowest BCUT2D eigenvalue weighted by molar-refractivity contribution is -0.141. The summed E-state index contributed by atoms with van der Waals surface area (Å²) in [7, 11) is -2.29. The number of nitrogens with one attached hydrogen (secondary N) is 1. The Hall–Kier alpha value is -3.57. The van der Waals surface area contributed by atoms with Crippen LogP contribution in [0.3, 0.4) is 0 Å². The third kappa shape index (κ3) is 6.06. The molecule has 1 aromatic heterocycles. The lowest BCUT2D eigenvalue weighted by Crippen LogP contribution is -2.28. The van der Waals surface area contributed by atoms with Crippen molar-refractivity contribution in [3.63, 3.8) is 0 Å². The van der Waals surface area contributed by atoms with Crippen molar-refractivity contribution in [2.45, 2.75) is 17.9 Å². The van der Waals surface area contributed by atoms with E-state index in [2.05, 4.69) is 15.2 Å². The fraction of sp³-hybridized carbons (Fsp3) is 0.261. The first-order chi connectivity index (χ1) is 16.1. The van der Waals surface area contributed by atoms with Gasteiger partial charge in [-0.25, -0.2) is 12.8 Å². The largest absolute Gasteiger partial charge is 0.462 e. The van der Waals surface area contributed by atoms with E-state index in [1.807, 2.05) is 0 Å². The van der Waals surface area contributed by atoms with Crippen molar-refractivity contribution in [1.29, 1.82) is 0 Å². The van der Waals surface area contributed by atoms with E-state index in [4.69, 9.17) is 5.11 Å². The van der Waals surface area contributed by atoms with Crippen LogP contribution in [0.5, 0.6) is 0 Å². The molecule has 180 valence electrons. The van der Waals surface area contributed by atoms with E-state index in [0.717, 1.165) is 0 Å². The lowest BCUT2D eigenvalue weighted by Gasteiger charge is -2.15. The van der Waals surface area contributed by atoms with E-state index in [1.165, 1.54) is 28.9 Å². The van der Waals surface area contributed by atoms with Crippen molar-refractivity contribution in [3.8, 4) is 11.3 Å². The maximum absolute atomic E-state index is 13.2. The Morgan fingerprint density at radius 2 is 1.79 bits per heavy atom. The van der Waals surface area contributed by atoms with Gasteiger partial charge < -0.3 is 15.2 Å². The van der Waals surface area contributed by atoms with Gasteiger partial charge in [-0.2, -0.15) is 5.10 Å². The minimum atomic E-state index is -3.91. The van der Waals surface area contributed by atoms with Crippen LogP contribution < -0.4 is 5.32 Å². The second-order valence-corrected chi connectivity index (χ2v) is 9.50. The molecule has 0 aliphatic carbocycles. The SMILES string of the molecule is CC(NC(=O)c1cc(-c2ccc(F)cc2)nn1C)c1ccc(S(=O)(=O)CC(=O)OCCO)cc1. The predicted octanol–water partition coefficient (Wildman–Crippen LogP) is 2.03. The molecule has 9 nitrogen and oxygen atoms in total. The summed E-state index contributed by atoms with van der Waals surface area (Å²) in [6.07, 6.45) is 0. The van der Waals surface area contributed by atoms with Crippen LogP contribution in [0.4, 0.5) is 4.39 Å². The monoisotopic (exact) mass is 489 g/mol. The first-order valence-corrected chi connectivity index (χ1v) is 12.0. The molecule has 0 radical (unpaired) electrons. The summed E-state index contributed by atoms with van der Waals surface area (Å²) in [5.41, 5.74) is 2.14. The van der Waals surface area contributed by atoms with E-state index in [9.17, 15) is 22.4 Å². The number of sulfone groups is 1. The topological polar surface area (TPSA) is 128 Å². The highest BCUT2D eigenvalue weighted by Gasteiger charge is 2.22. The van der Waals surface area contributed by atoms with Crippen LogP contribution in [-0.2, 0) is 26.4 Å². The number of aromatic nitrogens is 2. The van der Waals surface area contributed by atoms with Crippen molar-refractivity contribution in [2.24, 2.45) is 7.05 Å². The van der Waals surface area contributed by atoms with Gasteiger partial charge in [-0.1, -0.05) is 12.1 Å². The maximum atomic E-state index is 13.2. The summed E-state index contributed by atoms with van der Waals surface area (Å²) in [5.74, 6) is -2.55. The Bertz CT molecular complexity index is 1270. The fourth-order valence-corrected chi connectivity index (χ4v) is 4.31. The van der Waals surface area contributed by atoms with E-state index < -0.39 is 34.2 Å². The standard InChI is InChI=1S/C23H24FN3O6S/c1-15(16-5-9-19(10-6-16)34(31,32)14-22(29)33-12-11-28)25-23(30)21-13-20(26-27(21)2)17-3-7-18(24)8-4-17/h3-10,13,15,28H,11-12,14H2,1-2H3,(H,25,30). The number of nitrogens with zero attached hydrogens (tertiary/aromatic N) is 2. The van der Waals surface area contributed by atoms with E-state index in [1.54, 1.807) is 44.3 Å². The van der Waals surface area contributed by atoms with Crippen LogP contribution in [-0.4, -0.2) is 54.1 Å². The average molecular weight is 490 g/mol. The second-order valence-electron chi connectivity index (χ2n) is 7.51. The molecule has 1 unspecified atom stereocenters. The second kappa shape index (κ2) is 10.6. The molecule has 2 aromatic carbocycles. The van der Waals surface area contributed by atoms with Gasteiger partial charge in [0.15, 0.2) is 15.6 Å². The number of amides is 1. The Morgan fingerprint density at radius 3 is 2.41 bits per heavy atom. The van der Waals surface area contributed by atoms with Gasteiger partial charge in [0.1, 0.15) is 18.1 Å². The number of ether oxygens (including phenoxy) is 1. The average Bonchev–Trinajstić information content (AvgIpc) is 3.19. The van der Waals surface area contributed by atoms with E-state index >= 15 is 0 Å². The maximum Gasteiger partial charge on any atom is 0.321 e. The molecule has 3 aromatic rings. The number of aliphatic hydroxyl groups is 1. The van der Waals surface area contributed by atoms with Crippen LogP contribution in [0.15, 0.2) is 59.5 Å². The molecule has 11 heteroatoms. The Morgan fingerprint density at radius 1 is 1.15 bits per heavy atom. The summed E-state index contributed by atoms with van der Waals surface area (Å²) >= 11 is 0. The summed E-state index contributed by atoms with van der Waals surface area (Å²) in [6, 6.07) is 12.7. The number of rotatable bonds is 9. The van der Waals surface area contributed by atoms with Gasteiger partial charge in [0.2, 0.25) is 0 Å². The van der Waals surface area contributed by atoms with Gasteiger partial charge in [-0.05, 0) is 55.0 Å². The molecule has 0 fully saturated rings. The predicted molar refractivity (Wildman–Crippen MR) is 121 cm³/mol. The highest BCUT2D eigenvalue weighted by molar-refractivity contribution is 7.92. The van der Waals surface area contributed by atoms with Gasteiger partial charge in [0, 0.05) is 12.6 Å². The summed E-state index contributed by atoms with van der Waals surface area (Å²) in [6.45, 7) is 1.08. The zero-order valence-corrected chi connectivity index (χ0v) is 19.4. The number of carbonyl (C=O) groups excluding carboxylic acids is 2. The van der Waals surface area contributed by atoms with Gasteiger partial charge in [0.25, 0.3) is 5.91 Å². The van der Waals surface area contributed by atoms with Crippen LogP contribution in [0.2, 0.25) is 0 Å². The normalized spacial score (nSPS) is 12.2. The molecule has 0 spiro atoms. The third-order valence-corrected chi connectivity index (χ3v) is 6.61. The molecule has 34 heavy (non-hydrogen) atoms. The molecule has 0 saturated carbocycles. The molecule has 0 aliphatic rings. The molecule has 0 bridgehead atoms. The zero-order chi connectivity index (χ0) is 24.9. The van der Waals surface area contributed by atoms with Crippen molar-refractivity contribution < 1.29 is 32.2 Å². The summed E-state index contributed by atoms with van der Waals surface area (Å²) < 4.78 is 43.9. The number of aliphatic hydroxyl groups excluding tert-OH is 1. The van der Waals surface area contributed by atoms with E-state index in [0.29, 0.717) is 22.5 Å². The number of hydrogen-bond donors (Lipinski definition) is 2. The van der Waals surface area contributed by atoms with Crippen LogP contribution in [0, 0.1) is 5.82 Å². The van der Waals surface area contributed by atoms with Crippen molar-refractivity contribution >= 4 is 21.7 Å². The Kier molecular flexibility index (Phi) is 7.79. The first-order valence-electron chi connectivity index (χ1n) is 10.3. The fourth-order valence-electron chi connectivity index (χ4n) is 3.20. The van der Waals surface area contributed by atoms with Gasteiger partial charge in [-0.15, -0.1) is 0 Å². The smallest absolute Gasteiger partial charge is 0.321 e. The van der Waals surface area contributed by atoms with Gasteiger partial charge in [0.05, 0.1) is 23.2 Å².